The Morgan fingerprint density at radius 1 is 1.33 bits per heavy atom. The molecule has 0 saturated carbocycles. The molecule has 24 heavy (non-hydrogen) atoms. The Morgan fingerprint density at radius 2 is 2.08 bits per heavy atom. The number of hydrogen-bond donors (Lipinski definition) is 1. The van der Waals surface area contributed by atoms with E-state index in [-0.39, 0.29) is 5.91 Å². The third-order valence-corrected chi connectivity index (χ3v) is 5.01. The average molecular weight is 341 g/mol. The third kappa shape index (κ3) is 3.28. The molecule has 1 N–H and O–H groups in total. The van der Waals surface area contributed by atoms with E-state index in [1.165, 1.54) is 0 Å². The zero-order valence-corrected chi connectivity index (χ0v) is 14.7. The van der Waals surface area contributed by atoms with E-state index in [9.17, 15) is 4.79 Å². The average Bonchev–Trinajstić information content (AvgIpc) is 3.18. The maximum Gasteiger partial charge on any atom is 0.273 e. The van der Waals surface area contributed by atoms with Crippen molar-refractivity contribution >= 4 is 28.8 Å². The molecule has 0 saturated heterocycles. The summed E-state index contributed by atoms with van der Waals surface area (Å²) in [4.78, 5) is 20.9. The number of nitrogens with zero attached hydrogens (tertiary/aromatic N) is 2. The standard InChI is InChI=1S/C18H19N3O2S/c1-12-15(16(22)19-3)20-17(23-12)18(2)11-24-14(21-18)10-9-13-7-5-4-6-8-13/h4-10H,11H2,1-3H3,(H,19,22)/b10-9+/t18-/m0/s1. The Kier molecular flexibility index (Phi) is 4.57. The van der Waals surface area contributed by atoms with E-state index in [1.54, 1.807) is 25.7 Å². The second kappa shape index (κ2) is 6.65. The summed E-state index contributed by atoms with van der Waals surface area (Å²) in [6.45, 7) is 3.72. The third-order valence-electron chi connectivity index (χ3n) is 3.78. The lowest BCUT2D eigenvalue weighted by molar-refractivity contribution is 0.0957. The summed E-state index contributed by atoms with van der Waals surface area (Å²) in [6.07, 6.45) is 4.04. The summed E-state index contributed by atoms with van der Waals surface area (Å²) in [5.41, 5.74) is 0.892. The molecule has 1 aromatic heterocycles. The van der Waals surface area contributed by atoms with Crippen molar-refractivity contribution in [2.75, 3.05) is 12.8 Å². The van der Waals surface area contributed by atoms with Crippen LogP contribution in [0.2, 0.25) is 0 Å². The van der Waals surface area contributed by atoms with Crippen molar-refractivity contribution in [3.8, 4) is 0 Å². The number of thioether (sulfide) groups is 1. The van der Waals surface area contributed by atoms with Gasteiger partial charge in [0.2, 0.25) is 5.89 Å². The molecule has 124 valence electrons. The Bertz CT molecular complexity index is 811. The normalized spacial score (nSPS) is 20.4. The number of aryl methyl sites for hydroxylation is 1. The van der Waals surface area contributed by atoms with E-state index in [2.05, 4.69) is 10.3 Å². The summed E-state index contributed by atoms with van der Waals surface area (Å²) < 4.78 is 5.72. The maximum atomic E-state index is 11.8. The quantitative estimate of drug-likeness (QED) is 0.925. The number of aliphatic imine (C=N–C) groups is 1. The number of oxazole rings is 1. The van der Waals surface area contributed by atoms with E-state index < -0.39 is 5.54 Å². The fourth-order valence-electron chi connectivity index (χ4n) is 2.40. The first-order valence-corrected chi connectivity index (χ1v) is 8.66. The second-order valence-electron chi connectivity index (χ2n) is 5.76. The molecular formula is C18H19N3O2S. The molecule has 3 rings (SSSR count). The van der Waals surface area contributed by atoms with Crippen LogP contribution in [0.3, 0.4) is 0 Å². The fourth-order valence-corrected chi connectivity index (χ4v) is 3.45. The highest BCUT2D eigenvalue weighted by molar-refractivity contribution is 8.14. The smallest absolute Gasteiger partial charge is 0.273 e. The van der Waals surface area contributed by atoms with Crippen molar-refractivity contribution in [3.05, 3.63) is 59.3 Å². The van der Waals surface area contributed by atoms with E-state index in [1.807, 2.05) is 49.4 Å². The summed E-state index contributed by atoms with van der Waals surface area (Å²) in [5.74, 6) is 1.48. The van der Waals surface area contributed by atoms with Crippen LogP contribution in [0.4, 0.5) is 0 Å². The lowest BCUT2D eigenvalue weighted by Gasteiger charge is -2.14. The first-order valence-electron chi connectivity index (χ1n) is 7.67. The molecule has 0 bridgehead atoms. The molecule has 2 heterocycles. The molecule has 0 fully saturated rings. The van der Waals surface area contributed by atoms with Crippen LogP contribution in [-0.2, 0) is 5.54 Å². The number of carbonyl (C=O) groups excluding carboxylic acids is 1. The monoisotopic (exact) mass is 341 g/mol. The number of benzene rings is 1. The summed E-state index contributed by atoms with van der Waals surface area (Å²) in [5, 5.41) is 3.50. The SMILES string of the molecule is CNC(=O)c1nc([C@]2(C)CSC(/C=C/c3ccccc3)=N2)oc1C. The van der Waals surface area contributed by atoms with Crippen LogP contribution in [0.1, 0.15) is 34.6 Å². The van der Waals surface area contributed by atoms with Gasteiger partial charge in [-0.25, -0.2) is 4.98 Å². The lowest BCUT2D eigenvalue weighted by atomic mass is 10.1. The van der Waals surface area contributed by atoms with Gasteiger partial charge >= 0.3 is 0 Å². The number of rotatable bonds is 4. The van der Waals surface area contributed by atoms with Crippen LogP contribution in [0.5, 0.6) is 0 Å². The van der Waals surface area contributed by atoms with Crippen molar-refractivity contribution in [2.24, 2.45) is 4.99 Å². The van der Waals surface area contributed by atoms with Gasteiger partial charge in [-0.05, 0) is 25.5 Å². The van der Waals surface area contributed by atoms with Gasteiger partial charge in [0.15, 0.2) is 5.69 Å². The van der Waals surface area contributed by atoms with E-state index in [0.717, 1.165) is 16.4 Å². The van der Waals surface area contributed by atoms with Crippen LogP contribution in [-0.4, -0.2) is 28.7 Å². The highest BCUT2D eigenvalue weighted by atomic mass is 32.2. The van der Waals surface area contributed by atoms with Crippen molar-refractivity contribution in [1.29, 1.82) is 0 Å². The molecule has 1 aliphatic heterocycles. The molecule has 2 aromatic rings. The molecule has 0 radical (unpaired) electrons. The summed E-state index contributed by atoms with van der Waals surface area (Å²) >= 11 is 1.66. The number of aromatic nitrogens is 1. The second-order valence-corrected chi connectivity index (χ2v) is 6.76. The van der Waals surface area contributed by atoms with Crippen LogP contribution in [0.25, 0.3) is 6.08 Å². The number of amides is 1. The molecule has 0 spiro atoms. The minimum Gasteiger partial charge on any atom is -0.442 e. The van der Waals surface area contributed by atoms with Gasteiger partial charge in [0.05, 0.1) is 5.04 Å². The van der Waals surface area contributed by atoms with Gasteiger partial charge in [-0.1, -0.05) is 36.4 Å². The van der Waals surface area contributed by atoms with Gasteiger partial charge in [0.25, 0.3) is 5.91 Å². The van der Waals surface area contributed by atoms with Crippen molar-refractivity contribution in [1.82, 2.24) is 10.3 Å². The Morgan fingerprint density at radius 3 is 2.79 bits per heavy atom. The Labute approximate surface area is 145 Å². The lowest BCUT2D eigenvalue weighted by Crippen LogP contribution is -2.22. The molecule has 6 heteroatoms. The molecule has 1 aliphatic rings. The molecule has 1 atom stereocenters. The minimum atomic E-state index is -0.557. The van der Waals surface area contributed by atoms with Crippen molar-refractivity contribution in [2.45, 2.75) is 19.4 Å². The largest absolute Gasteiger partial charge is 0.442 e. The van der Waals surface area contributed by atoms with Crippen LogP contribution in [0.15, 0.2) is 45.8 Å². The van der Waals surface area contributed by atoms with Gasteiger partial charge in [0, 0.05) is 12.8 Å². The molecule has 0 aliphatic carbocycles. The van der Waals surface area contributed by atoms with Crippen LogP contribution < -0.4 is 5.32 Å². The van der Waals surface area contributed by atoms with E-state index >= 15 is 0 Å². The van der Waals surface area contributed by atoms with E-state index in [4.69, 9.17) is 9.41 Å². The van der Waals surface area contributed by atoms with Crippen LogP contribution >= 0.6 is 11.8 Å². The van der Waals surface area contributed by atoms with E-state index in [0.29, 0.717) is 17.3 Å². The van der Waals surface area contributed by atoms with Crippen molar-refractivity contribution in [3.63, 3.8) is 0 Å². The first kappa shape index (κ1) is 16.5. The Balaban J connectivity index is 1.83. The zero-order valence-electron chi connectivity index (χ0n) is 13.9. The van der Waals surface area contributed by atoms with Crippen LogP contribution in [0, 0.1) is 6.92 Å². The predicted molar refractivity (Wildman–Crippen MR) is 97.4 cm³/mol. The number of carbonyl (C=O) groups is 1. The molecule has 1 aromatic carbocycles. The first-order chi connectivity index (χ1) is 11.5. The van der Waals surface area contributed by atoms with Gasteiger partial charge < -0.3 is 9.73 Å². The molecular weight excluding hydrogens is 322 g/mol. The predicted octanol–water partition coefficient (Wildman–Crippen LogP) is 3.42. The molecule has 1 amide bonds. The molecule has 0 unspecified atom stereocenters. The minimum absolute atomic E-state index is 0.245. The summed E-state index contributed by atoms with van der Waals surface area (Å²) in [6, 6.07) is 10.1. The topological polar surface area (TPSA) is 67.5 Å². The van der Waals surface area contributed by atoms with Crippen molar-refractivity contribution < 1.29 is 9.21 Å². The highest BCUT2D eigenvalue weighted by Crippen LogP contribution is 2.37. The van der Waals surface area contributed by atoms with Gasteiger partial charge in [-0.2, -0.15) is 0 Å². The molecule has 5 nitrogen and oxygen atoms in total. The van der Waals surface area contributed by atoms with Gasteiger partial charge in [0.1, 0.15) is 11.3 Å². The number of hydrogen-bond acceptors (Lipinski definition) is 5. The Hall–Kier alpha value is -2.34. The fraction of sp³-hybridized carbons (Fsp3) is 0.278. The van der Waals surface area contributed by atoms with Gasteiger partial charge in [-0.15, -0.1) is 11.8 Å². The zero-order chi connectivity index (χ0) is 17.2. The highest BCUT2D eigenvalue weighted by Gasteiger charge is 2.37. The summed E-state index contributed by atoms with van der Waals surface area (Å²) in [7, 11) is 1.58. The number of nitrogens with one attached hydrogen (secondary N) is 1. The maximum absolute atomic E-state index is 11.8. The van der Waals surface area contributed by atoms with Gasteiger partial charge in [-0.3, -0.25) is 9.79 Å².